The van der Waals surface area contributed by atoms with Gasteiger partial charge >= 0.3 is 6.18 Å². The highest BCUT2D eigenvalue weighted by atomic mass is 79.9. The standard InChI is InChI=1S/C12H13BrF4N2O.2ClH/c13-7-1-2-8(14)10(20)9(7)11(12(15,16)17)19-5-3-18-4-6-19;;/h1-2,11,18,20H,3-6H2;2*1H/t11-;;/m0../s1. The predicted molar refractivity (Wildman–Crippen MR) is 83.5 cm³/mol. The van der Waals surface area contributed by atoms with Crippen molar-refractivity contribution in [3.63, 3.8) is 0 Å². The van der Waals surface area contributed by atoms with Crippen molar-refractivity contribution in [1.29, 1.82) is 0 Å². The number of aromatic hydroxyl groups is 1. The van der Waals surface area contributed by atoms with Crippen LogP contribution >= 0.6 is 40.7 Å². The monoisotopic (exact) mass is 428 g/mol. The van der Waals surface area contributed by atoms with Gasteiger partial charge in [-0.25, -0.2) is 4.39 Å². The number of phenolic OH excluding ortho intramolecular Hbond substituents is 1. The summed E-state index contributed by atoms with van der Waals surface area (Å²) in [6, 6.07) is 0.0640. The van der Waals surface area contributed by atoms with E-state index >= 15 is 0 Å². The van der Waals surface area contributed by atoms with Gasteiger partial charge in [-0.15, -0.1) is 24.8 Å². The van der Waals surface area contributed by atoms with Gasteiger partial charge in [0.15, 0.2) is 11.6 Å². The van der Waals surface area contributed by atoms with E-state index in [0.29, 0.717) is 13.1 Å². The number of hydrogen-bond donors (Lipinski definition) is 2. The van der Waals surface area contributed by atoms with Crippen LogP contribution in [0.25, 0.3) is 0 Å². The molecule has 0 radical (unpaired) electrons. The van der Waals surface area contributed by atoms with Gasteiger partial charge in [0.25, 0.3) is 0 Å². The third-order valence-corrected chi connectivity index (χ3v) is 3.91. The van der Waals surface area contributed by atoms with E-state index in [1.165, 1.54) is 11.0 Å². The topological polar surface area (TPSA) is 35.5 Å². The zero-order valence-electron chi connectivity index (χ0n) is 11.2. The summed E-state index contributed by atoms with van der Waals surface area (Å²) >= 11 is 2.97. The highest BCUT2D eigenvalue weighted by Crippen LogP contribution is 2.45. The Balaban J connectivity index is 0.00000220. The number of hydrogen-bond acceptors (Lipinski definition) is 3. The fourth-order valence-electron chi connectivity index (χ4n) is 2.31. The first-order valence-electron chi connectivity index (χ1n) is 6.00. The molecule has 1 heterocycles. The number of phenols is 1. The summed E-state index contributed by atoms with van der Waals surface area (Å²) in [6.45, 7) is 1.18. The normalized spacial score (nSPS) is 17.3. The second-order valence-corrected chi connectivity index (χ2v) is 5.38. The molecule has 0 aromatic heterocycles. The van der Waals surface area contributed by atoms with Crippen LogP contribution in [0.15, 0.2) is 16.6 Å². The fraction of sp³-hybridized carbons (Fsp3) is 0.500. The summed E-state index contributed by atoms with van der Waals surface area (Å²) in [4.78, 5) is 1.19. The average molecular weight is 430 g/mol. The van der Waals surface area contributed by atoms with E-state index in [2.05, 4.69) is 21.2 Å². The molecule has 1 aromatic rings. The summed E-state index contributed by atoms with van der Waals surface area (Å²) in [5.41, 5.74) is -0.473. The minimum absolute atomic E-state index is 0. The van der Waals surface area contributed by atoms with Gasteiger partial charge < -0.3 is 10.4 Å². The van der Waals surface area contributed by atoms with Gasteiger partial charge in [-0.3, -0.25) is 4.90 Å². The highest BCUT2D eigenvalue weighted by Gasteiger charge is 2.47. The molecule has 0 amide bonds. The molecule has 1 saturated heterocycles. The third-order valence-electron chi connectivity index (χ3n) is 3.21. The molecule has 2 rings (SSSR count). The van der Waals surface area contributed by atoms with E-state index in [4.69, 9.17) is 0 Å². The Labute approximate surface area is 146 Å². The van der Waals surface area contributed by atoms with E-state index in [1.54, 1.807) is 0 Å². The van der Waals surface area contributed by atoms with Crippen LogP contribution in [0.1, 0.15) is 11.6 Å². The largest absolute Gasteiger partial charge is 0.505 e. The summed E-state index contributed by atoms with van der Waals surface area (Å²) in [7, 11) is 0. The van der Waals surface area contributed by atoms with Crippen molar-refractivity contribution in [3.8, 4) is 5.75 Å². The number of benzene rings is 1. The Kier molecular flexibility index (Phi) is 8.43. The van der Waals surface area contributed by atoms with Gasteiger partial charge in [0, 0.05) is 36.2 Å². The smallest absolute Gasteiger partial charge is 0.408 e. The molecule has 128 valence electrons. The highest BCUT2D eigenvalue weighted by molar-refractivity contribution is 9.10. The van der Waals surface area contributed by atoms with Gasteiger partial charge in [0.1, 0.15) is 6.04 Å². The van der Waals surface area contributed by atoms with E-state index < -0.39 is 29.3 Å². The molecule has 1 aliphatic rings. The molecule has 0 aliphatic carbocycles. The molecule has 0 bridgehead atoms. The van der Waals surface area contributed by atoms with Gasteiger partial charge in [0.05, 0.1) is 0 Å². The van der Waals surface area contributed by atoms with Crippen molar-refractivity contribution < 1.29 is 22.7 Å². The Morgan fingerprint density at radius 3 is 2.23 bits per heavy atom. The lowest BCUT2D eigenvalue weighted by Crippen LogP contribution is -2.49. The summed E-state index contributed by atoms with van der Waals surface area (Å²) in [5.74, 6) is -2.02. The zero-order chi connectivity index (χ0) is 14.9. The fourth-order valence-corrected chi connectivity index (χ4v) is 2.85. The first-order chi connectivity index (χ1) is 9.32. The van der Waals surface area contributed by atoms with E-state index in [9.17, 15) is 22.7 Å². The van der Waals surface area contributed by atoms with E-state index in [-0.39, 0.29) is 42.4 Å². The van der Waals surface area contributed by atoms with Crippen molar-refractivity contribution in [2.45, 2.75) is 12.2 Å². The van der Waals surface area contributed by atoms with Crippen LogP contribution in [0.5, 0.6) is 5.75 Å². The summed E-state index contributed by atoms with van der Waals surface area (Å²) in [5, 5.41) is 12.7. The first-order valence-corrected chi connectivity index (χ1v) is 6.80. The number of rotatable bonds is 2. The molecule has 0 unspecified atom stereocenters. The lowest BCUT2D eigenvalue weighted by Gasteiger charge is -2.36. The molecule has 0 spiro atoms. The van der Waals surface area contributed by atoms with Gasteiger partial charge in [0.2, 0.25) is 0 Å². The molecule has 1 atom stereocenters. The third kappa shape index (κ3) is 4.61. The van der Waals surface area contributed by atoms with Crippen molar-refractivity contribution >= 4 is 40.7 Å². The predicted octanol–water partition coefficient (Wildman–Crippen LogP) is 3.65. The minimum Gasteiger partial charge on any atom is -0.505 e. The lowest BCUT2D eigenvalue weighted by molar-refractivity contribution is -0.188. The maximum atomic E-state index is 13.4. The van der Waals surface area contributed by atoms with Crippen molar-refractivity contribution in [2.75, 3.05) is 26.2 Å². The SMILES string of the molecule is Cl.Cl.Oc1c(F)ccc(Br)c1[C@H](N1CCNCC1)C(F)(F)F. The van der Waals surface area contributed by atoms with Crippen LogP contribution in [0, 0.1) is 5.82 Å². The van der Waals surface area contributed by atoms with Crippen LogP contribution in [-0.2, 0) is 0 Å². The Morgan fingerprint density at radius 2 is 1.73 bits per heavy atom. The molecular weight excluding hydrogens is 415 g/mol. The maximum Gasteiger partial charge on any atom is 0.408 e. The average Bonchev–Trinajstić information content (AvgIpc) is 2.39. The Bertz CT molecular complexity index is 499. The Morgan fingerprint density at radius 1 is 1.18 bits per heavy atom. The number of alkyl halides is 3. The van der Waals surface area contributed by atoms with Crippen LogP contribution in [0.3, 0.4) is 0 Å². The quantitative estimate of drug-likeness (QED) is 0.704. The molecule has 0 saturated carbocycles. The van der Waals surface area contributed by atoms with Gasteiger partial charge in [-0.05, 0) is 12.1 Å². The number of nitrogens with zero attached hydrogens (tertiary/aromatic N) is 1. The molecule has 1 aliphatic heterocycles. The molecule has 22 heavy (non-hydrogen) atoms. The second-order valence-electron chi connectivity index (χ2n) is 4.52. The molecule has 3 nitrogen and oxygen atoms in total. The van der Waals surface area contributed by atoms with Gasteiger partial charge in [-0.1, -0.05) is 15.9 Å². The van der Waals surface area contributed by atoms with Crippen LogP contribution in [0.4, 0.5) is 17.6 Å². The summed E-state index contributed by atoms with van der Waals surface area (Å²) in [6.07, 6.45) is -4.61. The number of halogens is 7. The second kappa shape index (κ2) is 8.54. The minimum atomic E-state index is -4.61. The molecule has 10 heteroatoms. The summed E-state index contributed by atoms with van der Waals surface area (Å²) < 4.78 is 53.5. The van der Waals surface area contributed by atoms with Gasteiger partial charge in [-0.2, -0.15) is 13.2 Å². The molecule has 1 fully saturated rings. The lowest BCUT2D eigenvalue weighted by atomic mass is 10.0. The van der Waals surface area contributed by atoms with Crippen LogP contribution in [-0.4, -0.2) is 42.4 Å². The number of nitrogens with one attached hydrogen (secondary N) is 1. The Hall–Kier alpha value is -0.280. The maximum absolute atomic E-state index is 13.4. The molecular formula is C12H15BrCl2F4N2O. The van der Waals surface area contributed by atoms with Crippen molar-refractivity contribution in [2.24, 2.45) is 0 Å². The van der Waals surface area contributed by atoms with E-state index in [1.807, 2.05) is 0 Å². The zero-order valence-corrected chi connectivity index (χ0v) is 14.4. The first kappa shape index (κ1) is 21.7. The number of piperazine rings is 1. The van der Waals surface area contributed by atoms with Crippen molar-refractivity contribution in [1.82, 2.24) is 10.2 Å². The van der Waals surface area contributed by atoms with Crippen LogP contribution < -0.4 is 5.32 Å². The van der Waals surface area contributed by atoms with Crippen LogP contribution in [0.2, 0.25) is 0 Å². The van der Waals surface area contributed by atoms with E-state index in [0.717, 1.165) is 6.07 Å². The molecule has 2 N–H and O–H groups in total. The molecule has 1 aromatic carbocycles. The van der Waals surface area contributed by atoms with Crippen molar-refractivity contribution in [3.05, 3.63) is 28.0 Å².